The van der Waals surface area contributed by atoms with Crippen molar-refractivity contribution in [2.75, 3.05) is 0 Å². The van der Waals surface area contributed by atoms with E-state index in [0.717, 1.165) is 0 Å². The molecule has 1 aliphatic rings. The van der Waals surface area contributed by atoms with Crippen LogP contribution in [0, 0.1) is 5.92 Å². The molecule has 0 aliphatic carbocycles. The van der Waals surface area contributed by atoms with E-state index in [-0.39, 0.29) is 29.1 Å². The minimum absolute atomic E-state index is 0.0373. The standard InChI is InChI=1S/C14H25N3O2Si/c1-10(19-20(5,6)14(2,3)4)11-12(16-13(11)18)17-8-7-15-9-17/h7-12H,1-6H3,(H,16,18)/t10-,11-,12-/m1/s1. The van der Waals surface area contributed by atoms with E-state index in [0.29, 0.717) is 0 Å². The summed E-state index contributed by atoms with van der Waals surface area (Å²) in [6.45, 7) is 13.1. The summed E-state index contributed by atoms with van der Waals surface area (Å²) in [6.07, 6.45) is 5.20. The van der Waals surface area contributed by atoms with Crippen LogP contribution in [0.3, 0.4) is 0 Å². The van der Waals surface area contributed by atoms with Gasteiger partial charge >= 0.3 is 0 Å². The Balaban J connectivity index is 2.09. The summed E-state index contributed by atoms with van der Waals surface area (Å²) in [7, 11) is -1.86. The quantitative estimate of drug-likeness (QED) is 0.686. The molecule has 2 heterocycles. The highest BCUT2D eigenvalue weighted by Crippen LogP contribution is 2.40. The maximum atomic E-state index is 11.9. The lowest BCUT2D eigenvalue weighted by Crippen LogP contribution is -2.60. The SMILES string of the molecule is C[C@@H](O[Si](C)(C)C(C)(C)C)[C@H]1C(=O)N[C@@H]1n1ccnc1. The smallest absolute Gasteiger partial charge is 0.231 e. The van der Waals surface area contributed by atoms with Gasteiger partial charge in [-0.25, -0.2) is 4.98 Å². The average Bonchev–Trinajstić information content (AvgIpc) is 2.75. The molecule has 0 spiro atoms. The third-order valence-electron chi connectivity index (χ3n) is 4.57. The molecule has 20 heavy (non-hydrogen) atoms. The van der Waals surface area contributed by atoms with Crippen LogP contribution in [0.15, 0.2) is 18.7 Å². The second kappa shape index (κ2) is 5.00. The summed E-state index contributed by atoms with van der Waals surface area (Å²) in [4.78, 5) is 15.9. The molecule has 1 N–H and O–H groups in total. The molecule has 1 fully saturated rings. The Morgan fingerprint density at radius 3 is 2.55 bits per heavy atom. The van der Waals surface area contributed by atoms with Gasteiger partial charge in [-0.3, -0.25) is 4.79 Å². The van der Waals surface area contributed by atoms with E-state index in [9.17, 15) is 4.79 Å². The van der Waals surface area contributed by atoms with E-state index in [2.05, 4.69) is 44.2 Å². The first-order valence-electron chi connectivity index (χ1n) is 7.09. The number of rotatable bonds is 4. The molecule has 6 heteroatoms. The molecule has 0 aromatic carbocycles. The van der Waals surface area contributed by atoms with Crippen LogP contribution in [-0.4, -0.2) is 29.9 Å². The number of carbonyl (C=O) groups is 1. The van der Waals surface area contributed by atoms with Crippen molar-refractivity contribution in [3.05, 3.63) is 18.7 Å². The summed E-state index contributed by atoms with van der Waals surface area (Å²) in [5.74, 6) is -0.0757. The predicted molar refractivity (Wildman–Crippen MR) is 80.6 cm³/mol. The molecular formula is C14H25N3O2Si. The zero-order chi connectivity index (χ0) is 15.1. The van der Waals surface area contributed by atoms with Crippen molar-refractivity contribution in [2.45, 2.75) is 58.1 Å². The number of aromatic nitrogens is 2. The summed E-state index contributed by atoms with van der Waals surface area (Å²) in [5, 5.41) is 3.06. The number of carbonyl (C=O) groups excluding carboxylic acids is 1. The Morgan fingerprint density at radius 2 is 2.10 bits per heavy atom. The third kappa shape index (κ3) is 2.67. The topological polar surface area (TPSA) is 56.1 Å². The normalized spacial score (nSPS) is 25.0. The lowest BCUT2D eigenvalue weighted by Gasteiger charge is -2.45. The third-order valence-corrected chi connectivity index (χ3v) is 9.14. The van der Waals surface area contributed by atoms with Crippen LogP contribution in [0.4, 0.5) is 0 Å². The fourth-order valence-electron chi connectivity index (χ4n) is 2.26. The van der Waals surface area contributed by atoms with Gasteiger partial charge in [-0.2, -0.15) is 0 Å². The molecule has 0 unspecified atom stereocenters. The highest BCUT2D eigenvalue weighted by Gasteiger charge is 2.48. The molecule has 1 saturated heterocycles. The van der Waals surface area contributed by atoms with Crippen LogP contribution in [0.25, 0.3) is 0 Å². The van der Waals surface area contributed by atoms with Gasteiger partial charge in [0, 0.05) is 12.4 Å². The number of β-lactam (4-membered cyclic amide) rings is 1. The molecule has 0 radical (unpaired) electrons. The van der Waals surface area contributed by atoms with Crippen molar-refractivity contribution < 1.29 is 9.22 Å². The Kier molecular flexibility index (Phi) is 3.81. The number of amides is 1. The molecule has 0 bridgehead atoms. The first-order valence-corrected chi connectivity index (χ1v) is 10.00. The van der Waals surface area contributed by atoms with E-state index in [1.807, 2.05) is 17.7 Å². The van der Waals surface area contributed by atoms with Gasteiger partial charge in [0.05, 0.1) is 12.4 Å². The Labute approximate surface area is 121 Å². The van der Waals surface area contributed by atoms with Crippen LogP contribution in [0.2, 0.25) is 18.1 Å². The van der Waals surface area contributed by atoms with E-state index in [1.165, 1.54) is 0 Å². The molecule has 112 valence electrons. The van der Waals surface area contributed by atoms with Gasteiger partial charge in [0.1, 0.15) is 12.1 Å². The molecule has 1 aliphatic heterocycles. The van der Waals surface area contributed by atoms with Crippen molar-refractivity contribution in [1.29, 1.82) is 0 Å². The lowest BCUT2D eigenvalue weighted by molar-refractivity contribution is -0.143. The molecule has 5 nitrogen and oxygen atoms in total. The maximum Gasteiger partial charge on any atom is 0.231 e. The van der Waals surface area contributed by atoms with E-state index < -0.39 is 8.32 Å². The van der Waals surface area contributed by atoms with Gasteiger partial charge in [-0.15, -0.1) is 0 Å². The first kappa shape index (κ1) is 15.2. The molecule has 1 aromatic heterocycles. The lowest BCUT2D eigenvalue weighted by atomic mass is 9.91. The van der Waals surface area contributed by atoms with Gasteiger partial charge in [0.2, 0.25) is 5.91 Å². The highest BCUT2D eigenvalue weighted by molar-refractivity contribution is 6.74. The fraction of sp³-hybridized carbons (Fsp3) is 0.714. The van der Waals surface area contributed by atoms with Crippen LogP contribution in [-0.2, 0) is 9.22 Å². The summed E-state index contributed by atoms with van der Waals surface area (Å²) in [5.41, 5.74) is 0. The van der Waals surface area contributed by atoms with Gasteiger partial charge in [-0.05, 0) is 25.1 Å². The van der Waals surface area contributed by atoms with Crippen molar-refractivity contribution in [1.82, 2.24) is 14.9 Å². The van der Waals surface area contributed by atoms with Crippen molar-refractivity contribution in [2.24, 2.45) is 5.92 Å². The number of hydrogen-bond acceptors (Lipinski definition) is 3. The predicted octanol–water partition coefficient (Wildman–Crippen LogP) is 2.54. The highest BCUT2D eigenvalue weighted by atomic mass is 28.4. The number of imidazole rings is 1. The molecule has 2 rings (SSSR count). The van der Waals surface area contributed by atoms with Gasteiger partial charge < -0.3 is 14.3 Å². The minimum atomic E-state index is -1.86. The zero-order valence-corrected chi connectivity index (χ0v) is 14.2. The summed E-state index contributed by atoms with van der Waals surface area (Å²) < 4.78 is 8.28. The second-order valence-electron chi connectivity index (χ2n) is 7.07. The molecule has 1 aromatic rings. The fourth-order valence-corrected chi connectivity index (χ4v) is 3.69. The Hall–Kier alpha value is -1.14. The van der Waals surface area contributed by atoms with Gasteiger partial charge in [0.25, 0.3) is 0 Å². The van der Waals surface area contributed by atoms with Crippen LogP contribution >= 0.6 is 0 Å². The van der Waals surface area contributed by atoms with Crippen LogP contribution in [0.5, 0.6) is 0 Å². The Bertz CT molecular complexity index is 479. The van der Waals surface area contributed by atoms with Crippen LogP contribution < -0.4 is 5.32 Å². The summed E-state index contributed by atoms with van der Waals surface area (Å²) >= 11 is 0. The van der Waals surface area contributed by atoms with E-state index in [4.69, 9.17) is 4.43 Å². The largest absolute Gasteiger partial charge is 0.413 e. The monoisotopic (exact) mass is 295 g/mol. The van der Waals surface area contributed by atoms with Gasteiger partial charge in [0.15, 0.2) is 8.32 Å². The van der Waals surface area contributed by atoms with Crippen LogP contribution in [0.1, 0.15) is 33.9 Å². The van der Waals surface area contributed by atoms with Crippen molar-refractivity contribution in [3.63, 3.8) is 0 Å². The average molecular weight is 295 g/mol. The minimum Gasteiger partial charge on any atom is -0.413 e. The first-order chi connectivity index (χ1) is 9.13. The number of nitrogens with zero attached hydrogens (tertiary/aromatic N) is 2. The van der Waals surface area contributed by atoms with E-state index in [1.54, 1.807) is 12.5 Å². The van der Waals surface area contributed by atoms with E-state index >= 15 is 0 Å². The Morgan fingerprint density at radius 1 is 1.45 bits per heavy atom. The number of hydrogen-bond donors (Lipinski definition) is 1. The molecular weight excluding hydrogens is 270 g/mol. The number of nitrogens with one attached hydrogen (secondary N) is 1. The maximum absolute atomic E-state index is 11.9. The molecule has 3 atom stereocenters. The molecule has 1 amide bonds. The van der Waals surface area contributed by atoms with Crippen molar-refractivity contribution >= 4 is 14.2 Å². The summed E-state index contributed by atoms with van der Waals surface area (Å²) in [6, 6.07) is 0. The van der Waals surface area contributed by atoms with Crippen molar-refractivity contribution in [3.8, 4) is 0 Å². The zero-order valence-electron chi connectivity index (χ0n) is 13.2. The molecule has 0 saturated carbocycles. The second-order valence-corrected chi connectivity index (χ2v) is 11.8. The van der Waals surface area contributed by atoms with Gasteiger partial charge in [-0.1, -0.05) is 20.8 Å².